The Hall–Kier alpha value is -2.19. The highest BCUT2D eigenvalue weighted by Gasteiger charge is 2.09. The van der Waals surface area contributed by atoms with Gasteiger partial charge in [-0.25, -0.2) is 0 Å². The summed E-state index contributed by atoms with van der Waals surface area (Å²) in [6, 6.07) is 11.4. The molecule has 0 aliphatic heterocycles. The molecule has 0 bridgehead atoms. The van der Waals surface area contributed by atoms with Crippen LogP contribution >= 0.6 is 27.3 Å². The number of halogens is 1. The lowest BCUT2D eigenvalue weighted by atomic mass is 10.2. The molecule has 0 atom stereocenters. The predicted octanol–water partition coefficient (Wildman–Crippen LogP) is 1.26. The molecule has 7 heteroatoms. The highest BCUT2D eigenvalue weighted by Crippen LogP contribution is 2.11. The maximum absolute atomic E-state index is 12.7. The Balaban J connectivity index is 2.71. The fraction of sp³-hybridized carbons (Fsp3) is 0.235. The lowest BCUT2D eigenvalue weighted by Crippen LogP contribution is -2.35. The van der Waals surface area contributed by atoms with Gasteiger partial charge in [0.2, 0.25) is 0 Å². The lowest BCUT2D eigenvalue weighted by Gasteiger charge is -2.09. The maximum atomic E-state index is 12.7. The Labute approximate surface area is 152 Å². The van der Waals surface area contributed by atoms with Gasteiger partial charge in [0.25, 0.3) is 5.56 Å². The first-order chi connectivity index (χ1) is 11.5. The Morgan fingerprint density at radius 1 is 1.38 bits per heavy atom. The molecule has 122 valence electrons. The summed E-state index contributed by atoms with van der Waals surface area (Å²) in [6.45, 7) is 1.07. The van der Waals surface area contributed by atoms with E-state index in [4.69, 9.17) is 10.5 Å². The summed E-state index contributed by atoms with van der Waals surface area (Å²) in [5.41, 5.74) is 0.661. The average Bonchev–Trinajstić information content (AvgIpc) is 2.83. The van der Waals surface area contributed by atoms with E-state index in [1.54, 1.807) is 6.08 Å². The normalized spacial score (nSPS) is 11.3. The van der Waals surface area contributed by atoms with Gasteiger partial charge < -0.3 is 4.90 Å². The van der Waals surface area contributed by atoms with E-state index >= 15 is 0 Å². The van der Waals surface area contributed by atoms with Crippen molar-refractivity contribution in [1.29, 1.82) is 10.5 Å². The van der Waals surface area contributed by atoms with Crippen molar-refractivity contribution in [2.24, 2.45) is 0 Å². The Kier molecular flexibility index (Phi) is 6.10. The number of likely N-dealkylation sites (N-methyl/N-ethyl adjacent to an activating group) is 1. The van der Waals surface area contributed by atoms with E-state index in [-0.39, 0.29) is 11.1 Å². The minimum Gasteiger partial charge on any atom is -0.308 e. The number of benzene rings is 1. The molecule has 24 heavy (non-hydrogen) atoms. The van der Waals surface area contributed by atoms with Crippen LogP contribution in [0.5, 0.6) is 0 Å². The summed E-state index contributed by atoms with van der Waals surface area (Å²) in [4.78, 5) is 14.7. The molecule has 0 N–H and O–H groups in total. The smallest absolute Gasteiger partial charge is 0.269 e. The molecule has 1 heterocycles. The average molecular weight is 403 g/mol. The quantitative estimate of drug-likeness (QED) is 0.771. The third-order valence-electron chi connectivity index (χ3n) is 3.26. The summed E-state index contributed by atoms with van der Waals surface area (Å²) >= 11 is 4.58. The zero-order valence-electron chi connectivity index (χ0n) is 13.3. The van der Waals surface area contributed by atoms with Gasteiger partial charge in [-0.15, -0.1) is 11.3 Å². The highest BCUT2D eigenvalue weighted by molar-refractivity contribution is 9.10. The van der Waals surface area contributed by atoms with Gasteiger partial charge in [-0.05, 0) is 37.9 Å². The van der Waals surface area contributed by atoms with E-state index in [0.29, 0.717) is 22.3 Å². The number of nitrogens with zero attached hydrogens (tertiary/aromatic N) is 4. The predicted molar refractivity (Wildman–Crippen MR) is 98.7 cm³/mol. The SMILES string of the molecule is CN(C)CCn1c(=C(C#N)C#N)s/c(=C/c2cccc(Br)c2)c1=O. The van der Waals surface area contributed by atoms with Gasteiger partial charge in [0.1, 0.15) is 16.8 Å². The first kappa shape index (κ1) is 18.2. The van der Waals surface area contributed by atoms with Crippen LogP contribution in [0, 0.1) is 22.7 Å². The zero-order chi connectivity index (χ0) is 17.7. The molecule has 0 radical (unpaired) electrons. The van der Waals surface area contributed by atoms with Crippen LogP contribution in [0.2, 0.25) is 0 Å². The van der Waals surface area contributed by atoms with E-state index in [2.05, 4.69) is 15.9 Å². The third kappa shape index (κ3) is 4.21. The van der Waals surface area contributed by atoms with Crippen molar-refractivity contribution in [3.8, 4) is 12.1 Å². The van der Waals surface area contributed by atoms with Crippen molar-refractivity contribution in [2.45, 2.75) is 6.54 Å². The second-order valence-corrected chi connectivity index (χ2v) is 7.28. The van der Waals surface area contributed by atoms with E-state index in [1.807, 2.05) is 55.4 Å². The van der Waals surface area contributed by atoms with Gasteiger partial charge >= 0.3 is 0 Å². The second kappa shape index (κ2) is 8.07. The van der Waals surface area contributed by atoms with Crippen LogP contribution in [-0.4, -0.2) is 30.1 Å². The minimum absolute atomic E-state index is 0.0373. The van der Waals surface area contributed by atoms with E-state index < -0.39 is 0 Å². The van der Waals surface area contributed by atoms with Crippen LogP contribution in [0.1, 0.15) is 5.56 Å². The lowest BCUT2D eigenvalue weighted by molar-refractivity contribution is 0.380. The largest absolute Gasteiger partial charge is 0.308 e. The molecule has 0 fully saturated rings. The fourth-order valence-corrected chi connectivity index (χ4v) is 3.57. The molecule has 5 nitrogen and oxygen atoms in total. The molecule has 0 saturated carbocycles. The summed E-state index contributed by atoms with van der Waals surface area (Å²) in [7, 11) is 3.82. The minimum atomic E-state index is -0.181. The fourth-order valence-electron chi connectivity index (χ4n) is 2.08. The number of nitriles is 2. The van der Waals surface area contributed by atoms with Crippen LogP contribution in [0.15, 0.2) is 33.5 Å². The van der Waals surface area contributed by atoms with E-state index in [9.17, 15) is 4.79 Å². The van der Waals surface area contributed by atoms with Crippen LogP contribution in [0.4, 0.5) is 0 Å². The molecular formula is C17H15BrN4OS. The first-order valence-electron chi connectivity index (χ1n) is 7.12. The van der Waals surface area contributed by atoms with Crippen molar-refractivity contribution < 1.29 is 0 Å². The molecule has 0 unspecified atom stereocenters. The van der Waals surface area contributed by atoms with Gasteiger partial charge in [-0.2, -0.15) is 10.5 Å². The second-order valence-electron chi connectivity index (χ2n) is 5.33. The molecule has 1 aromatic carbocycles. The van der Waals surface area contributed by atoms with Crippen molar-refractivity contribution in [3.63, 3.8) is 0 Å². The van der Waals surface area contributed by atoms with Crippen LogP contribution < -0.4 is 14.8 Å². The maximum Gasteiger partial charge on any atom is 0.269 e. The number of hydrogen-bond donors (Lipinski definition) is 0. The Bertz CT molecular complexity index is 989. The van der Waals surface area contributed by atoms with Gasteiger partial charge in [0.05, 0.1) is 4.53 Å². The van der Waals surface area contributed by atoms with Gasteiger partial charge in [0, 0.05) is 17.6 Å². The van der Waals surface area contributed by atoms with E-state index in [1.165, 1.54) is 15.9 Å². The molecule has 0 spiro atoms. The molecule has 2 rings (SSSR count). The number of thiazole rings is 1. The van der Waals surface area contributed by atoms with Gasteiger partial charge in [-0.1, -0.05) is 28.1 Å². The zero-order valence-corrected chi connectivity index (χ0v) is 15.7. The monoisotopic (exact) mass is 402 g/mol. The van der Waals surface area contributed by atoms with Crippen LogP contribution in [0.25, 0.3) is 11.6 Å². The topological polar surface area (TPSA) is 72.8 Å². The Morgan fingerprint density at radius 3 is 2.67 bits per heavy atom. The summed E-state index contributed by atoms with van der Waals surface area (Å²) in [5, 5.41) is 18.3. The van der Waals surface area contributed by atoms with Gasteiger partial charge in [-0.3, -0.25) is 9.36 Å². The van der Waals surface area contributed by atoms with Crippen molar-refractivity contribution in [1.82, 2.24) is 9.47 Å². The molecule has 0 aliphatic rings. The molecule has 0 aliphatic carbocycles. The molecule has 0 saturated heterocycles. The first-order valence-corrected chi connectivity index (χ1v) is 8.73. The summed E-state index contributed by atoms with van der Waals surface area (Å²) < 4.78 is 3.34. The highest BCUT2D eigenvalue weighted by atomic mass is 79.9. The Morgan fingerprint density at radius 2 is 2.08 bits per heavy atom. The summed E-state index contributed by atoms with van der Waals surface area (Å²) in [5.74, 6) is 0. The van der Waals surface area contributed by atoms with Crippen molar-refractivity contribution in [3.05, 3.63) is 53.9 Å². The summed E-state index contributed by atoms with van der Waals surface area (Å²) in [6.07, 6.45) is 1.78. The molecule has 2 aromatic rings. The molecular weight excluding hydrogens is 388 g/mol. The van der Waals surface area contributed by atoms with Gasteiger partial charge in [0.15, 0.2) is 5.57 Å². The van der Waals surface area contributed by atoms with Crippen molar-refractivity contribution in [2.75, 3.05) is 20.6 Å². The number of rotatable bonds is 4. The van der Waals surface area contributed by atoms with Crippen molar-refractivity contribution >= 4 is 38.9 Å². The third-order valence-corrected chi connectivity index (χ3v) is 4.89. The number of aromatic nitrogens is 1. The van der Waals surface area contributed by atoms with Crippen LogP contribution in [-0.2, 0) is 6.54 Å². The molecule has 1 aromatic heterocycles. The van der Waals surface area contributed by atoms with Crippen LogP contribution in [0.3, 0.4) is 0 Å². The molecule has 0 amide bonds. The number of hydrogen-bond acceptors (Lipinski definition) is 5. The van der Waals surface area contributed by atoms with E-state index in [0.717, 1.165) is 10.0 Å². The standard InChI is InChI=1S/C17H15BrN4OS/c1-21(2)6-7-22-16(23)15(24-17(22)13(10-19)11-20)9-12-4-3-5-14(18)8-12/h3-5,8-9H,6-7H2,1-2H3/b15-9+.